The molecular weight excluding hydrogens is 236 g/mol. The molecule has 0 radical (unpaired) electrons. The molecule has 1 aromatic carbocycles. The van der Waals surface area contributed by atoms with E-state index in [0.717, 1.165) is 24.9 Å². The Labute approximate surface area is 115 Å². The van der Waals surface area contributed by atoms with Crippen molar-refractivity contribution < 1.29 is 4.79 Å². The number of benzene rings is 1. The van der Waals surface area contributed by atoms with Gasteiger partial charge in [-0.05, 0) is 29.9 Å². The van der Waals surface area contributed by atoms with Crippen molar-refractivity contribution in [3.05, 3.63) is 29.8 Å². The van der Waals surface area contributed by atoms with Gasteiger partial charge in [-0.3, -0.25) is 4.79 Å². The standard InChI is InChI=1S/C16H22N2O/c1-11-7-13(11)10-18(2)16(19)8-12-9-17-15-6-4-3-5-14(12)15/h3-6,11-13,17H,7-10H2,1-2H3. The minimum absolute atomic E-state index is 0.280. The quantitative estimate of drug-likeness (QED) is 0.900. The lowest BCUT2D eigenvalue weighted by Crippen LogP contribution is -2.30. The van der Waals surface area contributed by atoms with Gasteiger partial charge in [-0.15, -0.1) is 0 Å². The van der Waals surface area contributed by atoms with Crippen molar-refractivity contribution in [2.24, 2.45) is 11.8 Å². The van der Waals surface area contributed by atoms with Crippen LogP contribution < -0.4 is 5.32 Å². The summed E-state index contributed by atoms with van der Waals surface area (Å²) in [7, 11) is 1.95. The molecular formula is C16H22N2O. The fourth-order valence-corrected chi connectivity index (χ4v) is 3.01. The molecule has 1 N–H and O–H groups in total. The molecule has 1 fully saturated rings. The Hall–Kier alpha value is -1.51. The Kier molecular flexibility index (Phi) is 3.21. The molecule has 1 aromatic rings. The summed E-state index contributed by atoms with van der Waals surface area (Å²) in [5, 5.41) is 3.38. The Morgan fingerprint density at radius 2 is 2.16 bits per heavy atom. The molecule has 0 spiro atoms. The zero-order chi connectivity index (χ0) is 13.4. The second-order valence-corrected chi connectivity index (χ2v) is 6.12. The average Bonchev–Trinajstić information content (AvgIpc) is 2.95. The first-order valence-corrected chi connectivity index (χ1v) is 7.22. The van der Waals surface area contributed by atoms with Crippen LogP contribution in [0.5, 0.6) is 0 Å². The van der Waals surface area contributed by atoms with Crippen molar-refractivity contribution in [3.63, 3.8) is 0 Å². The molecule has 102 valence electrons. The first-order valence-electron chi connectivity index (χ1n) is 7.22. The first-order chi connectivity index (χ1) is 9.15. The van der Waals surface area contributed by atoms with Crippen molar-refractivity contribution in [1.82, 2.24) is 4.90 Å². The Bertz CT molecular complexity index is 485. The van der Waals surface area contributed by atoms with Gasteiger partial charge in [0.25, 0.3) is 0 Å². The number of fused-ring (bicyclic) bond motifs is 1. The number of hydrogen-bond acceptors (Lipinski definition) is 2. The van der Waals surface area contributed by atoms with Gasteiger partial charge in [0.05, 0.1) is 0 Å². The van der Waals surface area contributed by atoms with Gasteiger partial charge in [-0.25, -0.2) is 0 Å². The lowest BCUT2D eigenvalue weighted by molar-refractivity contribution is -0.130. The number of anilines is 1. The van der Waals surface area contributed by atoms with E-state index in [9.17, 15) is 4.79 Å². The van der Waals surface area contributed by atoms with E-state index in [1.807, 2.05) is 18.0 Å². The van der Waals surface area contributed by atoms with Crippen LogP contribution in [-0.4, -0.2) is 30.9 Å². The number of carbonyl (C=O) groups is 1. The van der Waals surface area contributed by atoms with Crippen LogP contribution in [0.25, 0.3) is 0 Å². The molecule has 1 saturated carbocycles. The third kappa shape index (κ3) is 2.60. The highest BCUT2D eigenvalue weighted by Crippen LogP contribution is 2.38. The van der Waals surface area contributed by atoms with Gasteiger partial charge < -0.3 is 10.2 Å². The van der Waals surface area contributed by atoms with E-state index in [4.69, 9.17) is 0 Å². The molecule has 19 heavy (non-hydrogen) atoms. The van der Waals surface area contributed by atoms with Gasteiger partial charge in [-0.2, -0.15) is 0 Å². The fraction of sp³-hybridized carbons (Fsp3) is 0.562. The lowest BCUT2D eigenvalue weighted by Gasteiger charge is -2.19. The van der Waals surface area contributed by atoms with Crippen molar-refractivity contribution in [3.8, 4) is 0 Å². The molecule has 0 aromatic heterocycles. The van der Waals surface area contributed by atoms with Gasteiger partial charge in [-0.1, -0.05) is 25.1 Å². The molecule has 0 saturated heterocycles. The van der Waals surface area contributed by atoms with Gasteiger partial charge in [0.2, 0.25) is 5.91 Å². The second-order valence-electron chi connectivity index (χ2n) is 6.12. The normalized spacial score (nSPS) is 27.6. The summed E-state index contributed by atoms with van der Waals surface area (Å²) in [6, 6.07) is 8.32. The van der Waals surface area contributed by atoms with E-state index in [2.05, 4.69) is 30.4 Å². The molecule has 1 aliphatic carbocycles. The number of hydrogen-bond donors (Lipinski definition) is 1. The van der Waals surface area contributed by atoms with E-state index in [1.54, 1.807) is 0 Å². The number of carbonyl (C=O) groups excluding carboxylic acids is 1. The zero-order valence-corrected chi connectivity index (χ0v) is 11.7. The molecule has 3 atom stereocenters. The monoisotopic (exact) mass is 258 g/mol. The Morgan fingerprint density at radius 3 is 2.89 bits per heavy atom. The molecule has 1 heterocycles. The molecule has 3 nitrogen and oxygen atoms in total. The maximum atomic E-state index is 12.3. The molecule has 1 amide bonds. The first kappa shape index (κ1) is 12.5. The minimum Gasteiger partial charge on any atom is -0.384 e. The van der Waals surface area contributed by atoms with E-state index in [1.165, 1.54) is 17.7 Å². The summed E-state index contributed by atoms with van der Waals surface area (Å²) in [6.07, 6.45) is 1.91. The van der Waals surface area contributed by atoms with Crippen LogP contribution in [-0.2, 0) is 4.79 Å². The van der Waals surface area contributed by atoms with Crippen molar-refractivity contribution >= 4 is 11.6 Å². The summed E-state index contributed by atoms with van der Waals surface area (Å²) in [5.41, 5.74) is 2.49. The molecule has 3 heteroatoms. The molecule has 2 aliphatic rings. The predicted molar refractivity (Wildman–Crippen MR) is 77.2 cm³/mol. The highest BCUT2D eigenvalue weighted by atomic mass is 16.2. The topological polar surface area (TPSA) is 32.3 Å². The fourth-order valence-electron chi connectivity index (χ4n) is 3.01. The average molecular weight is 258 g/mol. The van der Waals surface area contributed by atoms with Crippen molar-refractivity contribution in [2.75, 3.05) is 25.5 Å². The number of amides is 1. The third-order valence-electron chi connectivity index (χ3n) is 4.57. The highest BCUT2D eigenvalue weighted by molar-refractivity contribution is 5.78. The molecule has 3 rings (SSSR count). The second kappa shape index (κ2) is 4.87. The number of nitrogens with zero attached hydrogens (tertiary/aromatic N) is 1. The summed E-state index contributed by atoms with van der Waals surface area (Å²) in [5.74, 6) is 2.16. The number of para-hydroxylation sites is 1. The minimum atomic E-state index is 0.280. The van der Waals surface area contributed by atoms with Gasteiger partial charge >= 0.3 is 0 Å². The van der Waals surface area contributed by atoms with Gasteiger partial charge in [0.1, 0.15) is 0 Å². The molecule has 1 aliphatic heterocycles. The van der Waals surface area contributed by atoms with E-state index < -0.39 is 0 Å². The van der Waals surface area contributed by atoms with Crippen LogP contribution in [0.4, 0.5) is 5.69 Å². The highest BCUT2D eigenvalue weighted by Gasteiger charge is 2.34. The Balaban J connectivity index is 1.58. The summed E-state index contributed by atoms with van der Waals surface area (Å²) >= 11 is 0. The molecule has 0 bridgehead atoms. The number of nitrogens with one attached hydrogen (secondary N) is 1. The summed E-state index contributed by atoms with van der Waals surface area (Å²) in [6.45, 7) is 4.08. The van der Waals surface area contributed by atoms with Crippen molar-refractivity contribution in [2.45, 2.75) is 25.7 Å². The maximum Gasteiger partial charge on any atom is 0.223 e. The summed E-state index contributed by atoms with van der Waals surface area (Å²) in [4.78, 5) is 14.2. The van der Waals surface area contributed by atoms with Crippen LogP contribution in [0.2, 0.25) is 0 Å². The number of rotatable bonds is 4. The van der Waals surface area contributed by atoms with E-state index in [0.29, 0.717) is 12.3 Å². The summed E-state index contributed by atoms with van der Waals surface area (Å²) < 4.78 is 0. The van der Waals surface area contributed by atoms with Crippen LogP contribution in [0.15, 0.2) is 24.3 Å². The van der Waals surface area contributed by atoms with Crippen LogP contribution in [0, 0.1) is 11.8 Å². The van der Waals surface area contributed by atoms with Crippen LogP contribution in [0.1, 0.15) is 31.2 Å². The predicted octanol–water partition coefficient (Wildman–Crippen LogP) is 2.70. The van der Waals surface area contributed by atoms with Crippen LogP contribution in [0.3, 0.4) is 0 Å². The maximum absolute atomic E-state index is 12.3. The largest absolute Gasteiger partial charge is 0.384 e. The van der Waals surface area contributed by atoms with E-state index in [-0.39, 0.29) is 5.91 Å². The Morgan fingerprint density at radius 1 is 1.42 bits per heavy atom. The molecule has 3 unspecified atom stereocenters. The van der Waals surface area contributed by atoms with Gasteiger partial charge in [0, 0.05) is 38.2 Å². The SMILES string of the molecule is CC1CC1CN(C)C(=O)CC1CNc2ccccc21. The van der Waals surface area contributed by atoms with Crippen molar-refractivity contribution in [1.29, 1.82) is 0 Å². The smallest absolute Gasteiger partial charge is 0.223 e. The third-order valence-corrected chi connectivity index (χ3v) is 4.57. The van der Waals surface area contributed by atoms with E-state index >= 15 is 0 Å². The van der Waals surface area contributed by atoms with Gasteiger partial charge in [0.15, 0.2) is 0 Å². The lowest BCUT2D eigenvalue weighted by atomic mass is 9.97. The zero-order valence-electron chi connectivity index (χ0n) is 11.7. The van der Waals surface area contributed by atoms with Crippen LogP contribution >= 0.6 is 0 Å².